The molecule has 25 heavy (non-hydrogen) atoms. The molecule has 0 aromatic heterocycles. The highest BCUT2D eigenvalue weighted by Gasteiger charge is 2.24. The van der Waals surface area contributed by atoms with Crippen LogP contribution in [0.2, 0.25) is 0 Å². The number of likely N-dealkylation sites (N-methyl/N-ethyl adjacent to an activating group) is 1. The van der Waals surface area contributed by atoms with Crippen molar-refractivity contribution in [1.82, 2.24) is 4.90 Å². The van der Waals surface area contributed by atoms with E-state index in [9.17, 15) is 9.18 Å². The number of carbonyl (C=O) groups is 1. The van der Waals surface area contributed by atoms with Gasteiger partial charge in [0.05, 0.1) is 17.9 Å². The van der Waals surface area contributed by atoms with Crippen molar-refractivity contribution in [2.45, 2.75) is 39.9 Å². The highest BCUT2D eigenvalue weighted by Crippen LogP contribution is 2.26. The Morgan fingerprint density at radius 2 is 2.04 bits per heavy atom. The molecule has 1 saturated heterocycles. The van der Waals surface area contributed by atoms with Crippen LogP contribution < -0.4 is 10.2 Å². The molecule has 1 aliphatic rings. The van der Waals surface area contributed by atoms with E-state index in [0.29, 0.717) is 37.6 Å². The van der Waals surface area contributed by atoms with E-state index >= 15 is 0 Å². The molecule has 2 amide bonds. The van der Waals surface area contributed by atoms with Gasteiger partial charge >= 0.3 is 6.03 Å². The minimum absolute atomic E-state index is 0.0581. The van der Waals surface area contributed by atoms with Crippen LogP contribution in [0.5, 0.6) is 0 Å². The molecule has 0 saturated carbocycles. The van der Waals surface area contributed by atoms with Crippen LogP contribution in [-0.4, -0.2) is 49.3 Å². The number of halogens is 1. The minimum Gasteiger partial charge on any atom is -0.372 e. The molecular weight excluding hydrogens is 321 g/mol. The van der Waals surface area contributed by atoms with Crippen molar-refractivity contribution in [3.8, 4) is 0 Å². The zero-order valence-electron chi connectivity index (χ0n) is 15.5. The Bertz CT molecular complexity index is 625. The van der Waals surface area contributed by atoms with Gasteiger partial charge in [-0.3, -0.25) is 0 Å². The Morgan fingerprint density at radius 1 is 1.40 bits per heavy atom. The molecule has 2 unspecified atom stereocenters. The molecule has 0 spiro atoms. The van der Waals surface area contributed by atoms with Crippen molar-refractivity contribution in [3.05, 3.63) is 36.2 Å². The molecule has 0 radical (unpaired) electrons. The van der Waals surface area contributed by atoms with Crippen molar-refractivity contribution in [1.29, 1.82) is 0 Å². The normalized spacial score (nSPS) is 20.3. The first-order chi connectivity index (χ1) is 11.8. The second kappa shape index (κ2) is 8.34. The first-order valence-corrected chi connectivity index (χ1v) is 8.70. The summed E-state index contributed by atoms with van der Waals surface area (Å²) < 4.78 is 20.3. The number of carbonyl (C=O) groups excluding carboxylic acids is 1. The summed E-state index contributed by atoms with van der Waals surface area (Å²) in [5.41, 5.74) is 1.88. The average Bonchev–Trinajstić information content (AvgIpc) is 2.51. The van der Waals surface area contributed by atoms with Crippen LogP contribution in [0.1, 0.15) is 27.7 Å². The van der Waals surface area contributed by atoms with Gasteiger partial charge in [-0.15, -0.1) is 0 Å². The van der Waals surface area contributed by atoms with Gasteiger partial charge in [0.2, 0.25) is 0 Å². The van der Waals surface area contributed by atoms with E-state index in [1.54, 1.807) is 17.0 Å². The number of anilines is 2. The van der Waals surface area contributed by atoms with Crippen LogP contribution >= 0.6 is 0 Å². The molecular formula is C19H28FN3O2. The summed E-state index contributed by atoms with van der Waals surface area (Å²) in [5.74, 6) is -0.345. The standard InChI is InChI=1S/C19H28FN3O2/c1-6-22(10-13(2)3)19(24)21-16-7-8-18(17(20)9-16)23-11-14(4)25-15(5)12-23/h7-9,14-15H,2,6,10-12H2,1,3-5H3,(H,21,24). The second-order valence-electron chi connectivity index (χ2n) is 6.73. The number of benzene rings is 1. The maximum Gasteiger partial charge on any atom is 0.322 e. The number of nitrogens with zero attached hydrogens (tertiary/aromatic N) is 2. The number of hydrogen-bond acceptors (Lipinski definition) is 3. The fourth-order valence-electron chi connectivity index (χ4n) is 3.07. The lowest BCUT2D eigenvalue weighted by atomic mass is 10.2. The van der Waals surface area contributed by atoms with Crippen LogP contribution in [0.4, 0.5) is 20.6 Å². The highest BCUT2D eigenvalue weighted by molar-refractivity contribution is 5.89. The highest BCUT2D eigenvalue weighted by atomic mass is 19.1. The van der Waals surface area contributed by atoms with Crippen molar-refractivity contribution in [2.75, 3.05) is 36.4 Å². The Balaban J connectivity index is 2.08. The lowest BCUT2D eigenvalue weighted by Gasteiger charge is -2.37. The van der Waals surface area contributed by atoms with Crippen LogP contribution in [0.15, 0.2) is 30.4 Å². The minimum atomic E-state index is -0.345. The molecule has 1 aromatic rings. The first-order valence-electron chi connectivity index (χ1n) is 8.70. The van der Waals surface area contributed by atoms with Crippen molar-refractivity contribution in [2.24, 2.45) is 0 Å². The van der Waals surface area contributed by atoms with Crippen LogP contribution in [0, 0.1) is 5.82 Å². The zero-order valence-corrected chi connectivity index (χ0v) is 15.5. The fraction of sp³-hybridized carbons (Fsp3) is 0.526. The lowest BCUT2D eigenvalue weighted by molar-refractivity contribution is -0.00539. The molecule has 1 aliphatic heterocycles. The van der Waals surface area contributed by atoms with Gasteiger partial charge in [0.15, 0.2) is 0 Å². The van der Waals surface area contributed by atoms with Gasteiger partial charge in [-0.1, -0.05) is 12.2 Å². The summed E-state index contributed by atoms with van der Waals surface area (Å²) in [6, 6.07) is 4.55. The molecule has 1 aromatic carbocycles. The van der Waals surface area contributed by atoms with E-state index in [1.165, 1.54) is 6.07 Å². The number of ether oxygens (including phenoxy) is 1. The fourth-order valence-corrected chi connectivity index (χ4v) is 3.07. The van der Waals surface area contributed by atoms with E-state index in [2.05, 4.69) is 11.9 Å². The predicted octanol–water partition coefficient (Wildman–Crippen LogP) is 3.87. The maximum absolute atomic E-state index is 14.6. The van der Waals surface area contributed by atoms with E-state index in [4.69, 9.17) is 4.74 Å². The van der Waals surface area contributed by atoms with E-state index in [1.807, 2.05) is 32.6 Å². The molecule has 2 atom stereocenters. The summed E-state index contributed by atoms with van der Waals surface area (Å²) in [4.78, 5) is 15.9. The Kier molecular flexibility index (Phi) is 6.42. The number of urea groups is 1. The molecule has 1 N–H and O–H groups in total. The monoisotopic (exact) mass is 349 g/mol. The Hall–Kier alpha value is -2.08. The average molecular weight is 349 g/mol. The Morgan fingerprint density at radius 3 is 2.56 bits per heavy atom. The third-order valence-corrected chi connectivity index (χ3v) is 4.09. The number of rotatable bonds is 5. The number of morpholine rings is 1. The SMILES string of the molecule is C=C(C)CN(CC)C(=O)Nc1ccc(N2CC(C)OC(C)C2)c(F)c1. The van der Waals surface area contributed by atoms with Gasteiger partial charge in [-0.05, 0) is 45.9 Å². The van der Waals surface area contributed by atoms with Crippen molar-refractivity contribution >= 4 is 17.4 Å². The van der Waals surface area contributed by atoms with E-state index in [0.717, 1.165) is 5.57 Å². The topological polar surface area (TPSA) is 44.8 Å². The van der Waals surface area contributed by atoms with Gasteiger partial charge < -0.3 is 19.9 Å². The molecule has 0 aliphatic carbocycles. The summed E-state index contributed by atoms with van der Waals surface area (Å²) in [7, 11) is 0. The predicted molar refractivity (Wildman–Crippen MR) is 99.7 cm³/mol. The number of amides is 2. The molecule has 0 bridgehead atoms. The lowest BCUT2D eigenvalue weighted by Crippen LogP contribution is -2.45. The molecule has 138 valence electrons. The zero-order chi connectivity index (χ0) is 18.6. The molecule has 5 nitrogen and oxygen atoms in total. The second-order valence-corrected chi connectivity index (χ2v) is 6.73. The van der Waals surface area contributed by atoms with Crippen LogP contribution in [0.3, 0.4) is 0 Å². The molecule has 6 heteroatoms. The summed E-state index contributed by atoms with van der Waals surface area (Å²) in [5, 5.41) is 2.75. The van der Waals surface area contributed by atoms with Gasteiger partial charge in [0.25, 0.3) is 0 Å². The van der Waals surface area contributed by atoms with Crippen LogP contribution in [0.25, 0.3) is 0 Å². The molecule has 2 rings (SSSR count). The van der Waals surface area contributed by atoms with Crippen LogP contribution in [-0.2, 0) is 4.74 Å². The largest absolute Gasteiger partial charge is 0.372 e. The summed E-state index contributed by atoms with van der Waals surface area (Å²) >= 11 is 0. The smallest absolute Gasteiger partial charge is 0.322 e. The third-order valence-electron chi connectivity index (χ3n) is 4.09. The third kappa shape index (κ3) is 5.19. The molecule has 1 fully saturated rings. The van der Waals surface area contributed by atoms with Crippen molar-refractivity contribution in [3.63, 3.8) is 0 Å². The van der Waals surface area contributed by atoms with Gasteiger partial charge in [0, 0.05) is 31.9 Å². The first kappa shape index (κ1) is 19.2. The maximum atomic E-state index is 14.6. The summed E-state index contributed by atoms with van der Waals surface area (Å²) in [6.07, 6.45) is 0.116. The molecule has 1 heterocycles. The van der Waals surface area contributed by atoms with Gasteiger partial charge in [0.1, 0.15) is 5.82 Å². The van der Waals surface area contributed by atoms with Gasteiger partial charge in [-0.2, -0.15) is 0 Å². The number of hydrogen-bond donors (Lipinski definition) is 1. The van der Waals surface area contributed by atoms with Crippen molar-refractivity contribution < 1.29 is 13.9 Å². The number of nitrogens with one attached hydrogen (secondary N) is 1. The summed E-state index contributed by atoms with van der Waals surface area (Å²) in [6.45, 7) is 13.9. The van der Waals surface area contributed by atoms with E-state index in [-0.39, 0.29) is 24.1 Å². The quantitative estimate of drug-likeness (QED) is 0.821. The van der Waals surface area contributed by atoms with E-state index < -0.39 is 0 Å². The Labute approximate surface area is 149 Å². The van der Waals surface area contributed by atoms with Gasteiger partial charge in [-0.25, -0.2) is 9.18 Å².